The second-order valence-electron chi connectivity index (χ2n) is 5.74. The number of aliphatic carboxylic acids is 1. The number of carbonyl (C=O) groups is 1. The first kappa shape index (κ1) is 14.5. The lowest BCUT2D eigenvalue weighted by Crippen LogP contribution is -2.43. The third-order valence-electron chi connectivity index (χ3n) is 3.07. The Morgan fingerprint density at radius 3 is 2.71 bits per heavy atom. The van der Waals surface area contributed by atoms with Crippen molar-refractivity contribution in [3.05, 3.63) is 0 Å². The van der Waals surface area contributed by atoms with Gasteiger partial charge in [-0.1, -0.05) is 6.42 Å². The van der Waals surface area contributed by atoms with Crippen LogP contribution in [0.3, 0.4) is 0 Å². The van der Waals surface area contributed by atoms with Gasteiger partial charge in [-0.2, -0.15) is 0 Å². The summed E-state index contributed by atoms with van der Waals surface area (Å²) in [7, 11) is 0. The van der Waals surface area contributed by atoms with Gasteiger partial charge in [0.05, 0.1) is 18.6 Å². The smallest absolute Gasteiger partial charge is 0.304 e. The maximum Gasteiger partial charge on any atom is 0.304 e. The number of piperidine rings is 1. The molecule has 1 heterocycles. The SMILES string of the molecule is CC(C)(C)OCCN1CCCCC1CC(=O)O. The third kappa shape index (κ3) is 6.03. The standard InChI is InChI=1S/C13H25NO3/c1-13(2,3)17-9-8-14-7-5-4-6-11(14)10-12(15)16/h11H,4-10H2,1-3H3,(H,15,16). The maximum atomic E-state index is 10.8. The quantitative estimate of drug-likeness (QED) is 0.803. The molecule has 1 aliphatic rings. The first-order chi connectivity index (χ1) is 7.88. The molecule has 100 valence electrons. The summed E-state index contributed by atoms with van der Waals surface area (Å²) in [4.78, 5) is 13.1. The van der Waals surface area contributed by atoms with E-state index in [-0.39, 0.29) is 18.1 Å². The lowest BCUT2D eigenvalue weighted by Gasteiger charge is -2.35. The maximum absolute atomic E-state index is 10.8. The van der Waals surface area contributed by atoms with Crippen LogP contribution in [0.4, 0.5) is 0 Å². The minimum atomic E-state index is -0.696. The number of carboxylic acid groups (broad SMARTS) is 1. The summed E-state index contributed by atoms with van der Waals surface area (Å²) < 4.78 is 5.70. The molecule has 4 nitrogen and oxygen atoms in total. The van der Waals surface area contributed by atoms with Crippen LogP contribution in [0.25, 0.3) is 0 Å². The van der Waals surface area contributed by atoms with Crippen LogP contribution in [0.1, 0.15) is 46.5 Å². The van der Waals surface area contributed by atoms with Crippen molar-refractivity contribution in [2.75, 3.05) is 19.7 Å². The number of ether oxygens (including phenoxy) is 1. The lowest BCUT2D eigenvalue weighted by molar-refractivity contribution is -0.139. The van der Waals surface area contributed by atoms with Crippen LogP contribution in [0, 0.1) is 0 Å². The first-order valence-corrected chi connectivity index (χ1v) is 6.48. The number of nitrogens with zero attached hydrogens (tertiary/aromatic N) is 1. The summed E-state index contributed by atoms with van der Waals surface area (Å²) in [6.07, 6.45) is 3.58. The summed E-state index contributed by atoms with van der Waals surface area (Å²) in [5.41, 5.74) is -0.113. The Balaban J connectivity index is 2.35. The molecule has 0 aromatic rings. The summed E-state index contributed by atoms with van der Waals surface area (Å²) in [6.45, 7) is 8.65. The average molecular weight is 243 g/mol. The molecule has 1 N–H and O–H groups in total. The highest BCUT2D eigenvalue weighted by molar-refractivity contribution is 5.67. The monoisotopic (exact) mass is 243 g/mol. The third-order valence-corrected chi connectivity index (χ3v) is 3.07. The second-order valence-corrected chi connectivity index (χ2v) is 5.74. The van der Waals surface area contributed by atoms with Crippen LogP contribution in [0.2, 0.25) is 0 Å². The molecule has 0 radical (unpaired) electrons. The van der Waals surface area contributed by atoms with Crippen molar-refractivity contribution in [2.45, 2.75) is 58.1 Å². The summed E-state index contributed by atoms with van der Waals surface area (Å²) >= 11 is 0. The number of likely N-dealkylation sites (tertiary alicyclic amines) is 1. The molecule has 1 unspecified atom stereocenters. The fourth-order valence-electron chi connectivity index (χ4n) is 2.26. The fourth-order valence-corrected chi connectivity index (χ4v) is 2.26. The summed E-state index contributed by atoms with van der Waals surface area (Å²) in [5, 5.41) is 8.88. The molecule has 1 rings (SSSR count). The number of carboxylic acids is 1. The predicted octanol–water partition coefficient (Wildman–Crippen LogP) is 2.13. The van der Waals surface area contributed by atoms with E-state index in [9.17, 15) is 4.79 Å². The highest BCUT2D eigenvalue weighted by atomic mass is 16.5. The van der Waals surface area contributed by atoms with Gasteiger partial charge in [0.15, 0.2) is 0 Å². The average Bonchev–Trinajstić information content (AvgIpc) is 2.18. The molecule has 4 heteroatoms. The van der Waals surface area contributed by atoms with Crippen LogP contribution in [0.15, 0.2) is 0 Å². The molecular weight excluding hydrogens is 218 g/mol. The summed E-state index contributed by atoms with van der Waals surface area (Å²) in [5.74, 6) is -0.696. The minimum Gasteiger partial charge on any atom is -0.481 e. The Hall–Kier alpha value is -0.610. The van der Waals surface area contributed by atoms with Gasteiger partial charge in [0, 0.05) is 12.6 Å². The van der Waals surface area contributed by atoms with Gasteiger partial charge in [0.2, 0.25) is 0 Å². The molecule has 1 atom stereocenters. The molecule has 0 saturated carbocycles. The Labute approximate surface area is 104 Å². The second kappa shape index (κ2) is 6.36. The minimum absolute atomic E-state index is 0.113. The molecular formula is C13H25NO3. The number of hydrogen-bond acceptors (Lipinski definition) is 3. The van der Waals surface area contributed by atoms with Gasteiger partial charge in [-0.3, -0.25) is 9.69 Å². The van der Waals surface area contributed by atoms with E-state index in [1.54, 1.807) is 0 Å². The van der Waals surface area contributed by atoms with Gasteiger partial charge >= 0.3 is 5.97 Å². The van der Waals surface area contributed by atoms with Gasteiger partial charge in [0.25, 0.3) is 0 Å². The molecule has 0 aromatic heterocycles. The topological polar surface area (TPSA) is 49.8 Å². The number of rotatable bonds is 5. The van der Waals surface area contributed by atoms with E-state index in [2.05, 4.69) is 4.90 Å². The van der Waals surface area contributed by atoms with Crippen molar-refractivity contribution < 1.29 is 14.6 Å². The Kier molecular flexibility index (Phi) is 5.40. The molecule has 0 bridgehead atoms. The number of hydrogen-bond donors (Lipinski definition) is 1. The van der Waals surface area contributed by atoms with E-state index in [1.807, 2.05) is 20.8 Å². The van der Waals surface area contributed by atoms with E-state index in [0.29, 0.717) is 6.61 Å². The van der Waals surface area contributed by atoms with E-state index < -0.39 is 5.97 Å². The van der Waals surface area contributed by atoms with Crippen molar-refractivity contribution in [1.29, 1.82) is 0 Å². The largest absolute Gasteiger partial charge is 0.481 e. The van der Waals surface area contributed by atoms with Crippen LogP contribution in [0.5, 0.6) is 0 Å². The first-order valence-electron chi connectivity index (χ1n) is 6.48. The van der Waals surface area contributed by atoms with Crippen LogP contribution in [-0.2, 0) is 9.53 Å². The van der Waals surface area contributed by atoms with Crippen molar-refractivity contribution in [2.24, 2.45) is 0 Å². The van der Waals surface area contributed by atoms with Gasteiger partial charge < -0.3 is 9.84 Å². The zero-order valence-corrected chi connectivity index (χ0v) is 11.2. The lowest BCUT2D eigenvalue weighted by atomic mass is 9.99. The van der Waals surface area contributed by atoms with Gasteiger partial charge in [-0.15, -0.1) is 0 Å². The molecule has 17 heavy (non-hydrogen) atoms. The predicted molar refractivity (Wildman–Crippen MR) is 67.2 cm³/mol. The zero-order valence-electron chi connectivity index (χ0n) is 11.2. The van der Waals surface area contributed by atoms with Crippen molar-refractivity contribution in [3.8, 4) is 0 Å². The molecule has 0 amide bonds. The van der Waals surface area contributed by atoms with Gasteiger partial charge in [-0.25, -0.2) is 0 Å². The summed E-state index contributed by atoms with van der Waals surface area (Å²) in [6, 6.07) is 0.199. The Bertz CT molecular complexity index is 248. The van der Waals surface area contributed by atoms with Crippen LogP contribution >= 0.6 is 0 Å². The van der Waals surface area contributed by atoms with E-state index in [4.69, 9.17) is 9.84 Å². The van der Waals surface area contributed by atoms with E-state index in [1.165, 1.54) is 6.42 Å². The van der Waals surface area contributed by atoms with Crippen molar-refractivity contribution in [3.63, 3.8) is 0 Å². The molecule has 1 fully saturated rings. The zero-order chi connectivity index (χ0) is 12.9. The van der Waals surface area contributed by atoms with Gasteiger partial charge in [0.1, 0.15) is 0 Å². The van der Waals surface area contributed by atoms with Crippen LogP contribution in [-0.4, -0.2) is 47.3 Å². The molecule has 0 spiro atoms. The molecule has 1 saturated heterocycles. The van der Waals surface area contributed by atoms with E-state index in [0.717, 1.165) is 25.9 Å². The van der Waals surface area contributed by atoms with Crippen molar-refractivity contribution >= 4 is 5.97 Å². The molecule has 1 aliphatic heterocycles. The van der Waals surface area contributed by atoms with Gasteiger partial charge in [-0.05, 0) is 40.2 Å². The normalized spacial score (nSPS) is 22.6. The van der Waals surface area contributed by atoms with Crippen molar-refractivity contribution in [1.82, 2.24) is 4.90 Å². The highest BCUT2D eigenvalue weighted by Gasteiger charge is 2.24. The fraction of sp³-hybridized carbons (Fsp3) is 0.923. The highest BCUT2D eigenvalue weighted by Crippen LogP contribution is 2.19. The Morgan fingerprint density at radius 2 is 2.12 bits per heavy atom. The molecule has 0 aromatic carbocycles. The van der Waals surface area contributed by atoms with E-state index >= 15 is 0 Å². The molecule has 0 aliphatic carbocycles. The van der Waals surface area contributed by atoms with Crippen LogP contribution < -0.4 is 0 Å². The Morgan fingerprint density at radius 1 is 1.41 bits per heavy atom.